The summed E-state index contributed by atoms with van der Waals surface area (Å²) >= 11 is 0. The highest BCUT2D eigenvalue weighted by molar-refractivity contribution is 5.97. The number of rotatable bonds is 5. The second kappa shape index (κ2) is 8.40. The van der Waals surface area contributed by atoms with Crippen LogP contribution in [0.1, 0.15) is 31.4 Å². The molecule has 1 amide bonds. The topological polar surface area (TPSA) is 47.0 Å². The van der Waals surface area contributed by atoms with Gasteiger partial charge in [0, 0.05) is 50.0 Å². The molecule has 0 aliphatic carbocycles. The highest BCUT2D eigenvalue weighted by Crippen LogP contribution is 2.32. The second-order valence-electron chi connectivity index (χ2n) is 9.20. The lowest BCUT2D eigenvalue weighted by Crippen LogP contribution is -2.44. The van der Waals surface area contributed by atoms with Crippen LogP contribution in [0.15, 0.2) is 48.5 Å². The predicted octanol–water partition coefficient (Wildman–Crippen LogP) is 3.26. The first-order valence-electron chi connectivity index (χ1n) is 11.0. The highest BCUT2D eigenvalue weighted by atomic mass is 16.3. The van der Waals surface area contributed by atoms with E-state index in [9.17, 15) is 9.90 Å². The summed E-state index contributed by atoms with van der Waals surface area (Å²) in [5.41, 5.74) is 3.47. The van der Waals surface area contributed by atoms with E-state index in [2.05, 4.69) is 41.1 Å². The number of aliphatic hydroxyl groups is 1. The molecule has 0 spiro atoms. The molecule has 30 heavy (non-hydrogen) atoms. The van der Waals surface area contributed by atoms with Crippen molar-refractivity contribution in [3.63, 3.8) is 0 Å². The molecular weight excluding hydrogens is 374 g/mol. The van der Waals surface area contributed by atoms with Crippen LogP contribution in [0, 0.1) is 5.92 Å². The lowest BCUT2D eigenvalue weighted by atomic mass is 9.96. The van der Waals surface area contributed by atoms with Crippen LogP contribution in [0.3, 0.4) is 0 Å². The summed E-state index contributed by atoms with van der Waals surface area (Å²) in [5.74, 6) is 0.228. The predicted molar refractivity (Wildman–Crippen MR) is 122 cm³/mol. The normalized spacial score (nSPS) is 20.8. The van der Waals surface area contributed by atoms with Crippen LogP contribution in [0.5, 0.6) is 0 Å². The van der Waals surface area contributed by atoms with Crippen LogP contribution in [-0.4, -0.2) is 55.7 Å². The number of benzene rings is 2. The lowest BCUT2D eigenvalue weighted by Gasteiger charge is -2.35. The van der Waals surface area contributed by atoms with E-state index in [1.807, 2.05) is 29.2 Å². The highest BCUT2D eigenvalue weighted by Gasteiger charge is 2.33. The fourth-order valence-electron chi connectivity index (χ4n) is 4.54. The number of hydrogen-bond acceptors (Lipinski definition) is 4. The average molecular weight is 408 g/mol. The fraction of sp³-hybridized carbons (Fsp3) is 0.480. The van der Waals surface area contributed by atoms with Gasteiger partial charge in [-0.15, -0.1) is 0 Å². The monoisotopic (exact) mass is 407 g/mol. The number of hydrogen-bond donors (Lipinski definition) is 1. The van der Waals surface area contributed by atoms with Crippen molar-refractivity contribution in [2.45, 2.75) is 32.3 Å². The van der Waals surface area contributed by atoms with Crippen molar-refractivity contribution in [2.24, 2.45) is 5.92 Å². The molecule has 2 heterocycles. The van der Waals surface area contributed by atoms with Crippen molar-refractivity contribution in [3.05, 3.63) is 59.7 Å². The Labute approximate surface area is 179 Å². The molecule has 0 bridgehead atoms. The molecular formula is C25H33N3O2. The van der Waals surface area contributed by atoms with Gasteiger partial charge >= 0.3 is 0 Å². The minimum atomic E-state index is -0.872. The Hall–Kier alpha value is -2.37. The molecule has 2 aliphatic rings. The summed E-state index contributed by atoms with van der Waals surface area (Å²) in [6.45, 7) is 8.52. The van der Waals surface area contributed by atoms with E-state index in [0.717, 1.165) is 56.8 Å². The number of carbonyl (C=O) groups is 1. The standard InChI is InChI=1S/C25H33N3O2/c1-25(2,30)21-8-10-22(11-9-21)28-13-12-20(24(28)29)18-19-6-4-5-7-23(19)27-16-14-26(3)15-17-27/h4-11,20,30H,12-18H2,1-3H3. The van der Waals surface area contributed by atoms with E-state index in [1.54, 1.807) is 13.8 Å². The van der Waals surface area contributed by atoms with Gasteiger partial charge in [-0.2, -0.15) is 0 Å². The molecule has 0 saturated carbocycles. The van der Waals surface area contributed by atoms with Gasteiger partial charge in [0.2, 0.25) is 5.91 Å². The van der Waals surface area contributed by atoms with Gasteiger partial charge in [0.15, 0.2) is 0 Å². The zero-order valence-electron chi connectivity index (χ0n) is 18.3. The summed E-state index contributed by atoms with van der Waals surface area (Å²) < 4.78 is 0. The summed E-state index contributed by atoms with van der Waals surface area (Å²) in [7, 11) is 2.17. The van der Waals surface area contributed by atoms with Gasteiger partial charge in [-0.3, -0.25) is 4.79 Å². The first-order chi connectivity index (χ1) is 14.3. The van der Waals surface area contributed by atoms with Crippen molar-refractivity contribution < 1.29 is 9.90 Å². The van der Waals surface area contributed by atoms with Gasteiger partial charge in [0.25, 0.3) is 0 Å². The molecule has 160 valence electrons. The van der Waals surface area contributed by atoms with Gasteiger partial charge in [0.05, 0.1) is 5.60 Å². The maximum atomic E-state index is 13.2. The van der Waals surface area contributed by atoms with E-state index in [0.29, 0.717) is 0 Å². The Balaban J connectivity index is 1.46. The van der Waals surface area contributed by atoms with E-state index < -0.39 is 5.60 Å². The minimum absolute atomic E-state index is 0.0209. The van der Waals surface area contributed by atoms with Gasteiger partial charge < -0.3 is 19.8 Å². The van der Waals surface area contributed by atoms with Gasteiger partial charge in [-0.25, -0.2) is 0 Å². The van der Waals surface area contributed by atoms with E-state index in [1.165, 1.54) is 11.3 Å². The molecule has 2 aliphatic heterocycles. The molecule has 1 unspecified atom stereocenters. The number of amides is 1. The summed E-state index contributed by atoms with van der Waals surface area (Å²) in [5, 5.41) is 10.2. The lowest BCUT2D eigenvalue weighted by molar-refractivity contribution is -0.120. The van der Waals surface area contributed by atoms with Crippen LogP contribution in [0.2, 0.25) is 0 Å². The Kier molecular flexibility index (Phi) is 5.85. The van der Waals surface area contributed by atoms with Crippen molar-refractivity contribution >= 4 is 17.3 Å². The van der Waals surface area contributed by atoms with Gasteiger partial charge in [-0.05, 0) is 63.1 Å². The van der Waals surface area contributed by atoms with Crippen molar-refractivity contribution in [3.8, 4) is 0 Å². The van der Waals surface area contributed by atoms with E-state index in [-0.39, 0.29) is 11.8 Å². The molecule has 1 N–H and O–H groups in total. The number of piperazine rings is 1. The summed E-state index contributed by atoms with van der Waals surface area (Å²) in [6.07, 6.45) is 1.67. The first kappa shape index (κ1) is 20.9. The molecule has 5 heteroatoms. The molecule has 2 aromatic carbocycles. The van der Waals surface area contributed by atoms with Crippen LogP contribution in [0.25, 0.3) is 0 Å². The van der Waals surface area contributed by atoms with Gasteiger partial charge in [0.1, 0.15) is 0 Å². The number of anilines is 2. The third-order valence-corrected chi connectivity index (χ3v) is 6.50. The SMILES string of the molecule is CN1CCN(c2ccccc2CC2CCN(c3ccc(C(C)(C)O)cc3)C2=O)CC1. The molecule has 2 aromatic rings. The third kappa shape index (κ3) is 4.37. The average Bonchev–Trinajstić information content (AvgIpc) is 3.09. The smallest absolute Gasteiger partial charge is 0.230 e. The Morgan fingerprint density at radius 1 is 0.967 bits per heavy atom. The molecule has 1 atom stereocenters. The largest absolute Gasteiger partial charge is 0.386 e. The number of nitrogens with zero attached hydrogens (tertiary/aromatic N) is 3. The Morgan fingerprint density at radius 3 is 2.30 bits per heavy atom. The minimum Gasteiger partial charge on any atom is -0.386 e. The van der Waals surface area contributed by atoms with Gasteiger partial charge in [-0.1, -0.05) is 30.3 Å². The zero-order chi connectivity index (χ0) is 21.3. The van der Waals surface area contributed by atoms with E-state index in [4.69, 9.17) is 0 Å². The van der Waals surface area contributed by atoms with Crippen LogP contribution in [-0.2, 0) is 16.8 Å². The molecule has 2 fully saturated rings. The van der Waals surface area contributed by atoms with Crippen molar-refractivity contribution in [1.29, 1.82) is 0 Å². The molecule has 5 nitrogen and oxygen atoms in total. The molecule has 0 radical (unpaired) electrons. The number of carbonyl (C=O) groups excluding carboxylic acids is 1. The first-order valence-corrected chi connectivity index (χ1v) is 11.0. The van der Waals surface area contributed by atoms with E-state index >= 15 is 0 Å². The fourth-order valence-corrected chi connectivity index (χ4v) is 4.54. The third-order valence-electron chi connectivity index (χ3n) is 6.50. The maximum absolute atomic E-state index is 13.2. The van der Waals surface area contributed by atoms with Crippen LogP contribution >= 0.6 is 0 Å². The Bertz CT molecular complexity index is 880. The van der Waals surface area contributed by atoms with Crippen LogP contribution in [0.4, 0.5) is 11.4 Å². The molecule has 0 aromatic heterocycles. The number of likely N-dealkylation sites (N-methyl/N-ethyl adjacent to an activating group) is 1. The second-order valence-corrected chi connectivity index (χ2v) is 9.20. The quantitative estimate of drug-likeness (QED) is 0.827. The van der Waals surface area contributed by atoms with Crippen LogP contribution < -0.4 is 9.80 Å². The zero-order valence-corrected chi connectivity index (χ0v) is 18.3. The maximum Gasteiger partial charge on any atom is 0.230 e. The molecule has 4 rings (SSSR count). The van der Waals surface area contributed by atoms with Crippen molar-refractivity contribution in [1.82, 2.24) is 4.90 Å². The van der Waals surface area contributed by atoms with Crippen molar-refractivity contribution in [2.75, 3.05) is 49.6 Å². The number of para-hydroxylation sites is 1. The molecule has 2 saturated heterocycles. The Morgan fingerprint density at radius 2 is 1.63 bits per heavy atom. The summed E-state index contributed by atoms with van der Waals surface area (Å²) in [4.78, 5) is 19.9. The summed E-state index contributed by atoms with van der Waals surface area (Å²) in [6, 6.07) is 16.3.